The zero-order chi connectivity index (χ0) is 15.5. The van der Waals surface area contributed by atoms with Gasteiger partial charge in [-0.3, -0.25) is 0 Å². The first kappa shape index (κ1) is 14.4. The SMILES string of the molecule is C#CCOC(=O)c1ccc2oc(-c3cccc(Br)c3)nc2c1. The van der Waals surface area contributed by atoms with Crippen molar-refractivity contribution in [3.05, 3.63) is 52.5 Å². The molecule has 0 unspecified atom stereocenters. The predicted octanol–water partition coefficient (Wildman–Crippen LogP) is 4.05. The molecule has 0 fully saturated rings. The van der Waals surface area contributed by atoms with Crippen molar-refractivity contribution in [3.8, 4) is 23.8 Å². The first-order chi connectivity index (χ1) is 10.7. The molecule has 0 aliphatic carbocycles. The number of hydrogen-bond donors (Lipinski definition) is 0. The molecule has 2 aromatic carbocycles. The zero-order valence-corrected chi connectivity index (χ0v) is 13.0. The van der Waals surface area contributed by atoms with Crippen molar-refractivity contribution in [1.29, 1.82) is 0 Å². The van der Waals surface area contributed by atoms with Gasteiger partial charge < -0.3 is 9.15 Å². The van der Waals surface area contributed by atoms with Crippen LogP contribution in [0.2, 0.25) is 0 Å². The van der Waals surface area contributed by atoms with Crippen LogP contribution in [0.15, 0.2) is 51.4 Å². The summed E-state index contributed by atoms with van der Waals surface area (Å²) in [5.41, 5.74) is 2.42. The summed E-state index contributed by atoms with van der Waals surface area (Å²) in [6.07, 6.45) is 5.07. The predicted molar refractivity (Wildman–Crippen MR) is 86.3 cm³/mol. The van der Waals surface area contributed by atoms with Crippen LogP contribution in [0.25, 0.3) is 22.6 Å². The molecule has 1 aromatic heterocycles. The lowest BCUT2D eigenvalue weighted by Crippen LogP contribution is -2.04. The van der Waals surface area contributed by atoms with Crippen LogP contribution < -0.4 is 0 Å². The molecule has 0 bridgehead atoms. The van der Waals surface area contributed by atoms with Gasteiger partial charge in [0, 0.05) is 10.0 Å². The van der Waals surface area contributed by atoms with Crippen molar-refractivity contribution in [2.24, 2.45) is 0 Å². The molecule has 108 valence electrons. The van der Waals surface area contributed by atoms with Gasteiger partial charge in [0.1, 0.15) is 5.52 Å². The molecule has 0 saturated heterocycles. The normalized spacial score (nSPS) is 10.4. The third kappa shape index (κ3) is 2.87. The van der Waals surface area contributed by atoms with E-state index >= 15 is 0 Å². The minimum absolute atomic E-state index is 0.0566. The van der Waals surface area contributed by atoms with E-state index in [0.29, 0.717) is 22.6 Å². The number of aromatic nitrogens is 1. The molecule has 5 heteroatoms. The molecule has 0 spiro atoms. The van der Waals surface area contributed by atoms with Gasteiger partial charge in [-0.25, -0.2) is 9.78 Å². The molecular formula is C17H10BrNO3. The number of benzene rings is 2. The van der Waals surface area contributed by atoms with E-state index in [-0.39, 0.29) is 6.61 Å². The number of oxazole rings is 1. The maximum absolute atomic E-state index is 11.8. The van der Waals surface area contributed by atoms with E-state index in [2.05, 4.69) is 26.8 Å². The highest BCUT2D eigenvalue weighted by Crippen LogP contribution is 2.26. The molecule has 0 N–H and O–H groups in total. The minimum atomic E-state index is -0.480. The number of nitrogens with zero attached hydrogens (tertiary/aromatic N) is 1. The molecular weight excluding hydrogens is 346 g/mol. The number of carbonyl (C=O) groups excluding carboxylic acids is 1. The molecule has 0 amide bonds. The maximum Gasteiger partial charge on any atom is 0.339 e. The Balaban J connectivity index is 1.97. The Bertz CT molecular complexity index is 892. The zero-order valence-electron chi connectivity index (χ0n) is 11.4. The lowest BCUT2D eigenvalue weighted by molar-refractivity contribution is 0.0557. The molecule has 0 radical (unpaired) electrons. The van der Waals surface area contributed by atoms with Gasteiger partial charge in [0.05, 0.1) is 5.56 Å². The van der Waals surface area contributed by atoms with E-state index in [0.717, 1.165) is 10.0 Å². The number of rotatable bonds is 3. The summed E-state index contributed by atoms with van der Waals surface area (Å²) in [6.45, 7) is -0.0566. The average Bonchev–Trinajstić information content (AvgIpc) is 2.95. The van der Waals surface area contributed by atoms with Crippen LogP contribution in [-0.4, -0.2) is 17.6 Å². The summed E-state index contributed by atoms with van der Waals surface area (Å²) in [5.74, 6) is 2.27. The Kier molecular flexibility index (Phi) is 3.94. The molecule has 0 atom stereocenters. The fourth-order valence-corrected chi connectivity index (χ4v) is 2.39. The minimum Gasteiger partial charge on any atom is -0.449 e. The molecule has 3 aromatic rings. The largest absolute Gasteiger partial charge is 0.449 e. The smallest absolute Gasteiger partial charge is 0.339 e. The van der Waals surface area contributed by atoms with E-state index in [1.165, 1.54) is 0 Å². The highest BCUT2D eigenvalue weighted by molar-refractivity contribution is 9.10. The van der Waals surface area contributed by atoms with E-state index in [1.54, 1.807) is 18.2 Å². The average molecular weight is 356 g/mol. The second kappa shape index (κ2) is 6.04. The van der Waals surface area contributed by atoms with Gasteiger partial charge in [-0.1, -0.05) is 27.9 Å². The van der Waals surface area contributed by atoms with E-state index in [1.807, 2.05) is 24.3 Å². The molecule has 4 nitrogen and oxygen atoms in total. The molecule has 22 heavy (non-hydrogen) atoms. The standard InChI is InChI=1S/C17H10BrNO3/c1-2-8-21-17(20)12-6-7-15-14(10-12)19-16(22-15)11-4-3-5-13(18)9-11/h1,3-7,9-10H,8H2. The first-order valence-electron chi connectivity index (χ1n) is 6.44. The second-order valence-electron chi connectivity index (χ2n) is 4.49. The van der Waals surface area contributed by atoms with Crippen molar-refractivity contribution >= 4 is 33.0 Å². The van der Waals surface area contributed by atoms with Crippen LogP contribution in [0.5, 0.6) is 0 Å². The Labute approximate surface area is 135 Å². The van der Waals surface area contributed by atoms with Crippen LogP contribution >= 0.6 is 15.9 Å². The third-order valence-electron chi connectivity index (χ3n) is 2.98. The summed E-state index contributed by atoms with van der Waals surface area (Å²) < 4.78 is 11.5. The number of esters is 1. The summed E-state index contributed by atoms with van der Waals surface area (Å²) in [6, 6.07) is 12.6. The van der Waals surface area contributed by atoms with Crippen LogP contribution in [0.3, 0.4) is 0 Å². The molecule has 0 aliphatic rings. The van der Waals surface area contributed by atoms with Crippen molar-refractivity contribution < 1.29 is 13.9 Å². The van der Waals surface area contributed by atoms with Gasteiger partial charge in [-0.2, -0.15) is 0 Å². The van der Waals surface area contributed by atoms with Crippen molar-refractivity contribution in [3.63, 3.8) is 0 Å². The van der Waals surface area contributed by atoms with Crippen molar-refractivity contribution in [2.45, 2.75) is 0 Å². The lowest BCUT2D eigenvalue weighted by Gasteiger charge is -1.99. The highest BCUT2D eigenvalue weighted by Gasteiger charge is 2.12. The van der Waals surface area contributed by atoms with Crippen molar-refractivity contribution in [1.82, 2.24) is 4.98 Å². The van der Waals surface area contributed by atoms with Crippen LogP contribution in [0, 0.1) is 12.3 Å². The van der Waals surface area contributed by atoms with Gasteiger partial charge in [0.15, 0.2) is 12.2 Å². The van der Waals surface area contributed by atoms with Gasteiger partial charge in [-0.15, -0.1) is 6.42 Å². The van der Waals surface area contributed by atoms with Gasteiger partial charge in [-0.05, 0) is 36.4 Å². The van der Waals surface area contributed by atoms with Crippen LogP contribution in [0.4, 0.5) is 0 Å². The molecule has 0 saturated carbocycles. The summed E-state index contributed by atoms with van der Waals surface area (Å²) >= 11 is 3.41. The second-order valence-corrected chi connectivity index (χ2v) is 5.41. The maximum atomic E-state index is 11.8. The lowest BCUT2D eigenvalue weighted by atomic mass is 10.2. The fraction of sp³-hybridized carbons (Fsp3) is 0.0588. The van der Waals surface area contributed by atoms with E-state index < -0.39 is 5.97 Å². The van der Waals surface area contributed by atoms with Crippen LogP contribution in [0.1, 0.15) is 10.4 Å². The van der Waals surface area contributed by atoms with E-state index in [4.69, 9.17) is 15.6 Å². The molecule has 1 heterocycles. The van der Waals surface area contributed by atoms with Gasteiger partial charge >= 0.3 is 5.97 Å². The quantitative estimate of drug-likeness (QED) is 0.525. The highest BCUT2D eigenvalue weighted by atomic mass is 79.9. The number of ether oxygens (including phenoxy) is 1. The number of carbonyl (C=O) groups is 1. The van der Waals surface area contributed by atoms with Gasteiger partial charge in [0.2, 0.25) is 5.89 Å². The fourth-order valence-electron chi connectivity index (χ4n) is 1.99. The number of hydrogen-bond acceptors (Lipinski definition) is 4. The number of fused-ring (bicyclic) bond motifs is 1. The van der Waals surface area contributed by atoms with Crippen molar-refractivity contribution in [2.75, 3.05) is 6.61 Å². The van der Waals surface area contributed by atoms with Gasteiger partial charge in [0.25, 0.3) is 0 Å². The Hall–Kier alpha value is -2.58. The first-order valence-corrected chi connectivity index (χ1v) is 7.24. The summed E-state index contributed by atoms with van der Waals surface area (Å²) in [7, 11) is 0. The Morgan fingerprint density at radius 2 is 2.18 bits per heavy atom. The topological polar surface area (TPSA) is 52.3 Å². The third-order valence-corrected chi connectivity index (χ3v) is 3.47. The Morgan fingerprint density at radius 1 is 1.32 bits per heavy atom. The molecule has 3 rings (SSSR count). The number of halogens is 1. The Morgan fingerprint density at radius 3 is 2.95 bits per heavy atom. The van der Waals surface area contributed by atoms with E-state index in [9.17, 15) is 4.79 Å². The number of terminal acetylenes is 1. The van der Waals surface area contributed by atoms with Crippen LogP contribution in [-0.2, 0) is 4.74 Å². The summed E-state index contributed by atoms with van der Waals surface area (Å²) in [4.78, 5) is 16.2. The molecule has 0 aliphatic heterocycles. The summed E-state index contributed by atoms with van der Waals surface area (Å²) in [5, 5.41) is 0. The monoisotopic (exact) mass is 355 g/mol.